The fraction of sp³-hybridized carbons (Fsp3) is 0.238. The lowest BCUT2D eigenvalue weighted by atomic mass is 10.1. The number of pyridine rings is 1. The third-order valence-electron chi connectivity index (χ3n) is 5.22. The standard InChI is InChI=1S/C21H19FN6O.H2/c1-13-9-15(22)14-11-28(26-16(14)10-13)20(19-17-5-4-8-27(17)12-24-19)21(29)25-18-6-2-3-7-23-18;/h2-3,6-7,9-12,20H,4-5,8H2,1H3,(H,23,25,29);1H. The Hall–Kier alpha value is -3.55. The number of benzene rings is 1. The first-order valence-electron chi connectivity index (χ1n) is 9.51. The number of carbonyl (C=O) groups excluding carboxylic acids is 1. The maximum atomic E-state index is 14.5. The van der Waals surface area contributed by atoms with E-state index in [9.17, 15) is 9.18 Å². The van der Waals surface area contributed by atoms with E-state index in [4.69, 9.17) is 0 Å². The number of aromatic nitrogens is 5. The summed E-state index contributed by atoms with van der Waals surface area (Å²) in [5, 5.41) is 7.74. The van der Waals surface area contributed by atoms with Crippen LogP contribution in [0, 0.1) is 12.7 Å². The van der Waals surface area contributed by atoms with E-state index in [1.807, 2.05) is 6.92 Å². The number of aryl methyl sites for hydroxylation is 2. The molecule has 1 aliphatic rings. The number of imidazole rings is 1. The lowest BCUT2D eigenvalue weighted by Gasteiger charge is -2.16. The van der Waals surface area contributed by atoms with Gasteiger partial charge in [-0.1, -0.05) is 6.07 Å². The van der Waals surface area contributed by atoms with Gasteiger partial charge in [-0.2, -0.15) is 5.10 Å². The quantitative estimate of drug-likeness (QED) is 0.577. The van der Waals surface area contributed by atoms with Gasteiger partial charge in [-0.15, -0.1) is 0 Å². The van der Waals surface area contributed by atoms with E-state index in [-0.39, 0.29) is 13.2 Å². The second kappa shape index (κ2) is 6.80. The van der Waals surface area contributed by atoms with Crippen molar-refractivity contribution in [3.05, 3.63) is 71.8 Å². The van der Waals surface area contributed by atoms with E-state index in [2.05, 4.69) is 25.0 Å². The lowest BCUT2D eigenvalue weighted by Crippen LogP contribution is -2.29. The van der Waals surface area contributed by atoms with Gasteiger partial charge in [0.15, 0.2) is 6.04 Å². The second-order valence-corrected chi connectivity index (χ2v) is 7.27. The average Bonchev–Trinajstić information content (AvgIpc) is 3.40. The van der Waals surface area contributed by atoms with Crippen molar-refractivity contribution in [2.45, 2.75) is 32.4 Å². The van der Waals surface area contributed by atoms with E-state index in [0.717, 1.165) is 30.6 Å². The number of anilines is 1. The van der Waals surface area contributed by atoms with E-state index < -0.39 is 6.04 Å². The fourth-order valence-electron chi connectivity index (χ4n) is 3.90. The summed E-state index contributed by atoms with van der Waals surface area (Å²) in [6.45, 7) is 2.70. The van der Waals surface area contributed by atoms with Gasteiger partial charge >= 0.3 is 0 Å². The van der Waals surface area contributed by atoms with Crippen LogP contribution in [-0.4, -0.2) is 30.2 Å². The molecule has 1 amide bonds. The van der Waals surface area contributed by atoms with Crippen LogP contribution in [0.4, 0.5) is 10.2 Å². The summed E-state index contributed by atoms with van der Waals surface area (Å²) in [5.74, 6) is -0.232. The summed E-state index contributed by atoms with van der Waals surface area (Å²) in [7, 11) is 0. The van der Waals surface area contributed by atoms with Crippen molar-refractivity contribution >= 4 is 22.6 Å². The summed E-state index contributed by atoms with van der Waals surface area (Å²) in [4.78, 5) is 22.0. The van der Waals surface area contributed by atoms with Gasteiger partial charge < -0.3 is 9.88 Å². The van der Waals surface area contributed by atoms with E-state index in [1.54, 1.807) is 43.0 Å². The molecule has 1 N–H and O–H groups in total. The van der Waals surface area contributed by atoms with Crippen molar-refractivity contribution in [2.75, 3.05) is 5.32 Å². The van der Waals surface area contributed by atoms with Crippen LogP contribution >= 0.6 is 0 Å². The van der Waals surface area contributed by atoms with Crippen LogP contribution in [0.15, 0.2) is 49.1 Å². The number of hydrogen-bond donors (Lipinski definition) is 1. The molecule has 0 fully saturated rings. The zero-order valence-electron chi connectivity index (χ0n) is 15.8. The van der Waals surface area contributed by atoms with Crippen LogP contribution in [0.1, 0.15) is 30.8 Å². The Morgan fingerprint density at radius 3 is 3.03 bits per heavy atom. The summed E-state index contributed by atoms with van der Waals surface area (Å²) in [6.07, 6.45) is 6.80. The lowest BCUT2D eigenvalue weighted by molar-refractivity contribution is -0.118. The molecule has 0 spiro atoms. The number of amides is 1. The first kappa shape index (κ1) is 17.5. The second-order valence-electron chi connectivity index (χ2n) is 7.27. The zero-order valence-corrected chi connectivity index (χ0v) is 15.8. The third-order valence-corrected chi connectivity index (χ3v) is 5.22. The minimum Gasteiger partial charge on any atom is -0.334 e. The molecule has 4 aromatic rings. The molecule has 1 unspecified atom stereocenters. The molecule has 1 aliphatic heterocycles. The molecule has 5 rings (SSSR count). The van der Waals surface area contributed by atoms with Crippen molar-refractivity contribution < 1.29 is 10.6 Å². The highest BCUT2D eigenvalue weighted by Crippen LogP contribution is 2.29. The van der Waals surface area contributed by atoms with Gasteiger partial charge in [0.25, 0.3) is 5.91 Å². The Labute approximate surface area is 167 Å². The van der Waals surface area contributed by atoms with Crippen LogP contribution in [0.2, 0.25) is 0 Å². The third kappa shape index (κ3) is 3.06. The minimum atomic E-state index is -0.821. The molecular formula is C21H21FN6O. The molecule has 8 heteroatoms. The largest absolute Gasteiger partial charge is 0.334 e. The maximum absolute atomic E-state index is 14.5. The molecule has 0 saturated heterocycles. The number of nitrogens with zero attached hydrogens (tertiary/aromatic N) is 5. The first-order chi connectivity index (χ1) is 14.1. The number of nitrogens with one attached hydrogen (secondary N) is 1. The van der Waals surface area contributed by atoms with Gasteiger partial charge in [-0.25, -0.2) is 14.4 Å². The summed E-state index contributed by atoms with van der Waals surface area (Å²) in [6, 6.07) is 7.74. The molecule has 4 heterocycles. The molecule has 1 aromatic carbocycles. The number of hydrogen-bond acceptors (Lipinski definition) is 4. The number of rotatable bonds is 4. The van der Waals surface area contributed by atoms with E-state index in [1.165, 1.54) is 10.7 Å². The average molecular weight is 392 g/mol. The number of carbonyl (C=O) groups is 1. The van der Waals surface area contributed by atoms with Crippen LogP contribution in [0.3, 0.4) is 0 Å². The Kier molecular flexibility index (Phi) is 4.12. The van der Waals surface area contributed by atoms with Gasteiger partial charge in [0, 0.05) is 26.1 Å². The van der Waals surface area contributed by atoms with Gasteiger partial charge in [0.1, 0.15) is 11.6 Å². The van der Waals surface area contributed by atoms with Gasteiger partial charge in [-0.3, -0.25) is 9.48 Å². The van der Waals surface area contributed by atoms with Crippen molar-refractivity contribution in [1.82, 2.24) is 24.3 Å². The van der Waals surface area contributed by atoms with Crippen molar-refractivity contribution in [3.8, 4) is 0 Å². The molecule has 1 atom stereocenters. The van der Waals surface area contributed by atoms with Crippen LogP contribution in [0.5, 0.6) is 0 Å². The molecule has 0 radical (unpaired) electrons. The normalized spacial score (nSPS) is 14.1. The Balaban J connectivity index is 0.00000218. The highest BCUT2D eigenvalue weighted by molar-refractivity contribution is 5.95. The Morgan fingerprint density at radius 1 is 1.31 bits per heavy atom. The topological polar surface area (TPSA) is 77.6 Å². The number of halogens is 1. The first-order valence-corrected chi connectivity index (χ1v) is 9.51. The monoisotopic (exact) mass is 392 g/mol. The Morgan fingerprint density at radius 2 is 2.21 bits per heavy atom. The molecule has 3 aromatic heterocycles. The molecule has 29 heavy (non-hydrogen) atoms. The van der Waals surface area contributed by atoms with Gasteiger partial charge in [0.05, 0.1) is 22.9 Å². The SMILES string of the molecule is Cc1cc(F)c2cn(C(C(=O)Nc3ccccn3)c3ncn4c3CCC4)nc2c1.[HH]. The molecule has 0 saturated carbocycles. The van der Waals surface area contributed by atoms with Crippen LogP contribution < -0.4 is 5.32 Å². The maximum Gasteiger partial charge on any atom is 0.256 e. The van der Waals surface area contributed by atoms with Crippen LogP contribution in [0.25, 0.3) is 10.9 Å². The molecule has 148 valence electrons. The zero-order chi connectivity index (χ0) is 20.0. The number of fused-ring (bicyclic) bond motifs is 2. The van der Waals surface area contributed by atoms with Gasteiger partial charge in [0.2, 0.25) is 0 Å². The minimum absolute atomic E-state index is 0. The highest BCUT2D eigenvalue weighted by Gasteiger charge is 2.31. The predicted molar refractivity (Wildman–Crippen MR) is 108 cm³/mol. The highest BCUT2D eigenvalue weighted by atomic mass is 19.1. The molecule has 0 bridgehead atoms. The van der Waals surface area contributed by atoms with Gasteiger partial charge in [-0.05, 0) is 49.6 Å². The summed E-state index contributed by atoms with van der Waals surface area (Å²) >= 11 is 0. The van der Waals surface area contributed by atoms with Crippen LogP contribution in [-0.2, 0) is 17.8 Å². The van der Waals surface area contributed by atoms with Crippen molar-refractivity contribution in [2.24, 2.45) is 0 Å². The molecule has 0 aliphatic carbocycles. The Bertz CT molecular complexity index is 1220. The van der Waals surface area contributed by atoms with E-state index >= 15 is 0 Å². The van der Waals surface area contributed by atoms with E-state index in [0.29, 0.717) is 22.4 Å². The fourth-order valence-corrected chi connectivity index (χ4v) is 3.90. The molecular weight excluding hydrogens is 371 g/mol. The van der Waals surface area contributed by atoms with Crippen molar-refractivity contribution in [1.29, 1.82) is 0 Å². The molecule has 7 nitrogen and oxygen atoms in total. The summed E-state index contributed by atoms with van der Waals surface area (Å²) in [5.41, 5.74) is 2.94. The summed E-state index contributed by atoms with van der Waals surface area (Å²) < 4.78 is 18.0. The predicted octanol–water partition coefficient (Wildman–Crippen LogP) is 3.50. The smallest absolute Gasteiger partial charge is 0.256 e. The van der Waals surface area contributed by atoms with Crippen molar-refractivity contribution in [3.63, 3.8) is 0 Å².